The molecule has 2 rings (SSSR count). The number of aliphatic hydroxyl groups is 7. The molecular formula is C60H112O14. The Kier molecular flexibility index (Phi) is 44.0. The Hall–Kier alpha value is -1.53. The third-order valence-corrected chi connectivity index (χ3v) is 14.7. The van der Waals surface area contributed by atoms with Gasteiger partial charge in [-0.2, -0.15) is 0 Å². The molecular weight excluding hydrogens is 945 g/mol. The van der Waals surface area contributed by atoms with Crippen LogP contribution in [0.4, 0.5) is 0 Å². The molecule has 0 bridgehead atoms. The van der Waals surface area contributed by atoms with E-state index in [4.69, 9.17) is 28.4 Å². The zero-order chi connectivity index (χ0) is 53.7. The molecule has 0 amide bonds. The predicted octanol–water partition coefficient (Wildman–Crippen LogP) is 11.1. The first-order valence-corrected chi connectivity index (χ1v) is 30.4. The molecule has 0 spiro atoms. The molecule has 0 saturated carbocycles. The fraction of sp³-hybridized carbons (Fsp3) is 0.917. The lowest BCUT2D eigenvalue weighted by Crippen LogP contribution is -2.61. The van der Waals surface area contributed by atoms with Crippen LogP contribution in [0.2, 0.25) is 0 Å². The van der Waals surface area contributed by atoms with E-state index < -0.39 is 80.7 Å². The molecule has 14 heteroatoms. The van der Waals surface area contributed by atoms with Crippen LogP contribution in [0.15, 0.2) is 24.3 Å². The summed E-state index contributed by atoms with van der Waals surface area (Å²) in [5.74, 6) is -0.385. The van der Waals surface area contributed by atoms with Crippen LogP contribution in [0.3, 0.4) is 0 Å². The van der Waals surface area contributed by atoms with Gasteiger partial charge in [-0.25, -0.2) is 0 Å². The number of ether oxygens (including phenoxy) is 6. The molecule has 0 aromatic heterocycles. The SMILES string of the molecule is CCCCC/C=C\C/C=C\CCCCCCCC(=O)OC(COCCCCCCCCCCCCCCCCCCCCCCCCCCC)COC1OC(COC2OC(CO)C(O)C(O)C2O)C(O)C(O)C1O. The zero-order valence-electron chi connectivity index (χ0n) is 46.8. The number of hydrogen-bond donors (Lipinski definition) is 7. The predicted molar refractivity (Wildman–Crippen MR) is 294 cm³/mol. The van der Waals surface area contributed by atoms with E-state index in [1.807, 2.05) is 0 Å². The van der Waals surface area contributed by atoms with Crippen LogP contribution in [0, 0.1) is 0 Å². The maximum atomic E-state index is 13.1. The molecule has 0 radical (unpaired) electrons. The van der Waals surface area contributed by atoms with E-state index in [2.05, 4.69) is 38.2 Å². The monoisotopic (exact) mass is 1060 g/mol. The topological polar surface area (TPSA) is 214 Å². The van der Waals surface area contributed by atoms with Crippen LogP contribution in [0.1, 0.15) is 251 Å². The lowest BCUT2D eigenvalue weighted by atomic mass is 9.98. The quantitative estimate of drug-likeness (QED) is 0.0172. The van der Waals surface area contributed by atoms with Crippen molar-refractivity contribution in [2.24, 2.45) is 0 Å². The minimum atomic E-state index is -1.71. The minimum absolute atomic E-state index is 0.0605. The first-order valence-electron chi connectivity index (χ1n) is 30.4. The summed E-state index contributed by atoms with van der Waals surface area (Å²) < 4.78 is 34.4. The highest BCUT2D eigenvalue weighted by atomic mass is 16.7. The van der Waals surface area contributed by atoms with Gasteiger partial charge in [0.2, 0.25) is 0 Å². The number of aliphatic hydroxyl groups excluding tert-OH is 7. The van der Waals surface area contributed by atoms with Crippen molar-refractivity contribution in [3.05, 3.63) is 24.3 Å². The van der Waals surface area contributed by atoms with Crippen LogP contribution < -0.4 is 0 Å². The highest BCUT2D eigenvalue weighted by Gasteiger charge is 2.47. The van der Waals surface area contributed by atoms with Crippen molar-refractivity contribution in [3.63, 3.8) is 0 Å². The van der Waals surface area contributed by atoms with Gasteiger partial charge in [-0.1, -0.05) is 224 Å². The molecule has 14 nitrogen and oxygen atoms in total. The van der Waals surface area contributed by atoms with E-state index in [0.717, 1.165) is 64.2 Å². The molecule has 2 fully saturated rings. The van der Waals surface area contributed by atoms with Gasteiger partial charge < -0.3 is 64.2 Å². The molecule has 7 N–H and O–H groups in total. The van der Waals surface area contributed by atoms with Crippen LogP contribution in [0.5, 0.6) is 0 Å². The van der Waals surface area contributed by atoms with E-state index in [1.165, 1.54) is 161 Å². The zero-order valence-corrected chi connectivity index (χ0v) is 46.8. The maximum Gasteiger partial charge on any atom is 0.306 e. The van der Waals surface area contributed by atoms with Gasteiger partial charge >= 0.3 is 5.97 Å². The number of hydrogen-bond acceptors (Lipinski definition) is 14. The summed E-state index contributed by atoms with van der Waals surface area (Å²) in [4.78, 5) is 13.1. The van der Waals surface area contributed by atoms with Gasteiger partial charge in [0.05, 0.1) is 26.4 Å². The van der Waals surface area contributed by atoms with Crippen molar-refractivity contribution in [2.75, 3.05) is 33.0 Å². The number of unbranched alkanes of at least 4 members (excludes halogenated alkanes) is 32. The highest BCUT2D eigenvalue weighted by molar-refractivity contribution is 5.69. The number of carbonyl (C=O) groups is 1. The van der Waals surface area contributed by atoms with E-state index in [-0.39, 0.29) is 25.6 Å². The van der Waals surface area contributed by atoms with Crippen molar-refractivity contribution in [3.8, 4) is 0 Å². The second-order valence-electron chi connectivity index (χ2n) is 21.5. The van der Waals surface area contributed by atoms with E-state index in [9.17, 15) is 40.5 Å². The van der Waals surface area contributed by atoms with Crippen molar-refractivity contribution >= 4 is 5.97 Å². The molecule has 11 unspecified atom stereocenters. The van der Waals surface area contributed by atoms with Crippen LogP contribution in [0.25, 0.3) is 0 Å². The summed E-state index contributed by atoms with van der Waals surface area (Å²) in [6.07, 6.45) is 38.2. The summed E-state index contributed by atoms with van der Waals surface area (Å²) in [5, 5.41) is 72.3. The molecule has 0 aromatic carbocycles. The largest absolute Gasteiger partial charge is 0.457 e. The standard InChI is InChI=1S/C60H112O14/c1-3-5-7-9-11-13-15-17-19-20-21-22-23-24-25-26-27-28-30-32-34-36-38-40-42-44-69-46-49(72-52(62)43-41-39-37-35-33-31-29-18-16-14-12-10-8-6-4-2)47-70-59-58(68)56(66)54(64)51(74-59)48-71-60-57(67)55(65)53(63)50(45-61)73-60/h12,14,18,29,49-51,53-61,63-68H,3-11,13,15-17,19-28,30-48H2,1-2H3/b14-12-,29-18-. The molecule has 2 heterocycles. The number of rotatable bonds is 50. The fourth-order valence-electron chi connectivity index (χ4n) is 9.79. The van der Waals surface area contributed by atoms with Gasteiger partial charge in [-0.05, 0) is 44.9 Å². The molecule has 2 aliphatic rings. The molecule has 0 aliphatic carbocycles. The number of carbonyl (C=O) groups excluding carboxylic acids is 1. The van der Waals surface area contributed by atoms with Gasteiger partial charge in [0.15, 0.2) is 12.6 Å². The van der Waals surface area contributed by atoms with E-state index in [1.54, 1.807) is 0 Å². The Morgan fingerprint density at radius 1 is 0.446 bits per heavy atom. The Morgan fingerprint density at radius 3 is 1.32 bits per heavy atom. The van der Waals surface area contributed by atoms with Gasteiger partial charge in [0.25, 0.3) is 0 Å². The second kappa shape index (κ2) is 47.5. The molecule has 11 atom stereocenters. The summed E-state index contributed by atoms with van der Waals surface area (Å²) in [5.41, 5.74) is 0. The molecule has 2 aliphatic heterocycles. The van der Waals surface area contributed by atoms with E-state index >= 15 is 0 Å². The Bertz CT molecular complexity index is 1320. The Balaban J connectivity index is 1.67. The summed E-state index contributed by atoms with van der Waals surface area (Å²) >= 11 is 0. The minimum Gasteiger partial charge on any atom is -0.457 e. The maximum absolute atomic E-state index is 13.1. The lowest BCUT2D eigenvalue weighted by Gasteiger charge is -2.42. The van der Waals surface area contributed by atoms with Gasteiger partial charge in [-0.3, -0.25) is 4.79 Å². The second-order valence-corrected chi connectivity index (χ2v) is 21.5. The van der Waals surface area contributed by atoms with Gasteiger partial charge in [0, 0.05) is 13.0 Å². The first kappa shape index (κ1) is 68.6. The molecule has 2 saturated heterocycles. The van der Waals surface area contributed by atoms with Crippen LogP contribution in [-0.4, -0.2) is 142 Å². The average Bonchev–Trinajstić information content (AvgIpc) is 3.40. The van der Waals surface area contributed by atoms with Crippen molar-refractivity contribution in [2.45, 2.75) is 319 Å². The summed E-state index contributed by atoms with van der Waals surface area (Å²) in [6, 6.07) is 0. The normalized spacial score (nSPS) is 24.9. The smallest absolute Gasteiger partial charge is 0.306 e. The first-order chi connectivity index (χ1) is 36.1. The third-order valence-electron chi connectivity index (χ3n) is 14.7. The van der Waals surface area contributed by atoms with Gasteiger partial charge in [0.1, 0.15) is 54.9 Å². The Labute approximate surface area is 449 Å². The molecule has 436 valence electrons. The molecule has 0 aromatic rings. The average molecular weight is 1060 g/mol. The lowest BCUT2D eigenvalue weighted by molar-refractivity contribution is -0.332. The summed E-state index contributed by atoms with van der Waals surface area (Å²) in [7, 11) is 0. The fourth-order valence-corrected chi connectivity index (χ4v) is 9.79. The number of esters is 1. The third kappa shape index (κ3) is 33.7. The van der Waals surface area contributed by atoms with Crippen molar-refractivity contribution < 1.29 is 69.0 Å². The molecule has 74 heavy (non-hydrogen) atoms. The van der Waals surface area contributed by atoms with Crippen LogP contribution >= 0.6 is 0 Å². The van der Waals surface area contributed by atoms with Crippen molar-refractivity contribution in [1.29, 1.82) is 0 Å². The number of allylic oxidation sites excluding steroid dienone is 4. The highest BCUT2D eigenvalue weighted by Crippen LogP contribution is 2.27. The van der Waals surface area contributed by atoms with Crippen molar-refractivity contribution in [1.82, 2.24) is 0 Å². The van der Waals surface area contributed by atoms with Gasteiger partial charge in [-0.15, -0.1) is 0 Å². The van der Waals surface area contributed by atoms with E-state index in [0.29, 0.717) is 13.0 Å². The van der Waals surface area contributed by atoms with Crippen LogP contribution in [-0.2, 0) is 33.2 Å². The Morgan fingerprint density at radius 2 is 0.838 bits per heavy atom. The summed E-state index contributed by atoms with van der Waals surface area (Å²) in [6.45, 7) is 3.69.